The molecule has 0 rings (SSSR count). The molecule has 0 unspecified atom stereocenters. The number of rotatable bonds is 8. The first kappa shape index (κ1) is 14.4. The molecule has 1 N–H and O–H groups in total. The van der Waals surface area contributed by atoms with E-state index in [0.29, 0.717) is 0 Å². The van der Waals surface area contributed by atoms with E-state index in [2.05, 4.69) is 0 Å². The van der Waals surface area contributed by atoms with Crippen molar-refractivity contribution in [1.29, 1.82) is 0 Å². The fourth-order valence-electron chi connectivity index (χ4n) is 1.25. The van der Waals surface area contributed by atoms with E-state index in [1.165, 1.54) is 34.7 Å². The normalized spacial score (nSPS) is 17.7. The Bertz CT molecular complexity index is 171. The maximum absolute atomic E-state index is 9.71. The molecule has 5 nitrogen and oxygen atoms in total. The summed E-state index contributed by atoms with van der Waals surface area (Å²) < 4.78 is 19.9. The number of ether oxygens (including phenoxy) is 4. The van der Waals surface area contributed by atoms with Crippen LogP contribution in [-0.4, -0.2) is 58.5 Å². The summed E-state index contributed by atoms with van der Waals surface area (Å²) in [6, 6.07) is 0. The molecule has 0 aromatic heterocycles. The quantitative estimate of drug-likeness (QED) is 0.591. The summed E-state index contributed by atoms with van der Waals surface area (Å²) >= 11 is 0. The summed E-state index contributed by atoms with van der Waals surface area (Å²) in [4.78, 5) is 0. The van der Waals surface area contributed by atoms with Crippen molar-refractivity contribution in [3.8, 4) is 0 Å². The molecule has 0 radical (unpaired) electrons. The second-order valence-electron chi connectivity index (χ2n) is 2.99. The van der Waals surface area contributed by atoms with Crippen molar-refractivity contribution < 1.29 is 24.1 Å². The lowest BCUT2D eigenvalue weighted by molar-refractivity contribution is -0.0972. The molecule has 0 saturated heterocycles. The van der Waals surface area contributed by atoms with Gasteiger partial charge >= 0.3 is 0 Å². The van der Waals surface area contributed by atoms with E-state index in [0.717, 1.165) is 0 Å². The smallest absolute Gasteiger partial charge is 0.115 e. The maximum Gasteiger partial charge on any atom is 0.115 e. The molecule has 0 bridgehead atoms. The highest BCUT2D eigenvalue weighted by Gasteiger charge is 2.26. The van der Waals surface area contributed by atoms with Crippen molar-refractivity contribution in [2.75, 3.05) is 35.0 Å². The molecule has 0 spiro atoms. The standard InChI is InChI=1S/C10H20O5/c1-12-6-5-9(14-3)10(15-4)8(11)7-13-2/h5-6,8-11H,7H2,1-4H3/b6-5+/t8-,9+,10-/m1/s1. The average Bonchev–Trinajstić information content (AvgIpc) is 2.24. The Labute approximate surface area is 90.6 Å². The van der Waals surface area contributed by atoms with Gasteiger partial charge in [-0.1, -0.05) is 0 Å². The summed E-state index contributed by atoms with van der Waals surface area (Å²) in [6.45, 7) is 0.194. The van der Waals surface area contributed by atoms with Gasteiger partial charge in [0.1, 0.15) is 18.3 Å². The first-order valence-corrected chi connectivity index (χ1v) is 4.63. The second kappa shape index (κ2) is 8.67. The largest absolute Gasteiger partial charge is 0.505 e. The minimum atomic E-state index is -0.744. The monoisotopic (exact) mass is 220 g/mol. The van der Waals surface area contributed by atoms with Crippen LogP contribution in [0.2, 0.25) is 0 Å². The molecule has 15 heavy (non-hydrogen) atoms. The zero-order chi connectivity index (χ0) is 11.7. The Morgan fingerprint density at radius 3 is 2.20 bits per heavy atom. The molecule has 0 aromatic rings. The van der Waals surface area contributed by atoms with Crippen LogP contribution >= 0.6 is 0 Å². The zero-order valence-electron chi connectivity index (χ0n) is 9.67. The van der Waals surface area contributed by atoms with Gasteiger partial charge in [0.05, 0.1) is 20.0 Å². The van der Waals surface area contributed by atoms with Crippen molar-refractivity contribution >= 4 is 0 Å². The van der Waals surface area contributed by atoms with Crippen molar-refractivity contribution in [2.45, 2.75) is 18.3 Å². The predicted octanol–water partition coefficient (Wildman–Crippen LogP) is 0.184. The van der Waals surface area contributed by atoms with Crippen LogP contribution in [0.3, 0.4) is 0 Å². The van der Waals surface area contributed by atoms with Gasteiger partial charge in [-0.25, -0.2) is 0 Å². The lowest BCUT2D eigenvalue weighted by atomic mass is 10.1. The highest BCUT2D eigenvalue weighted by molar-refractivity contribution is 4.92. The van der Waals surface area contributed by atoms with E-state index in [-0.39, 0.29) is 12.7 Å². The lowest BCUT2D eigenvalue weighted by Crippen LogP contribution is -2.41. The van der Waals surface area contributed by atoms with Crippen LogP contribution in [0.5, 0.6) is 0 Å². The third-order valence-corrected chi connectivity index (χ3v) is 1.99. The minimum Gasteiger partial charge on any atom is -0.505 e. The Morgan fingerprint density at radius 2 is 1.80 bits per heavy atom. The molecule has 0 fully saturated rings. The van der Waals surface area contributed by atoms with Crippen LogP contribution in [-0.2, 0) is 18.9 Å². The first-order chi connectivity index (χ1) is 7.21. The van der Waals surface area contributed by atoms with Crippen LogP contribution in [0.15, 0.2) is 12.3 Å². The lowest BCUT2D eigenvalue weighted by Gasteiger charge is -2.26. The fraction of sp³-hybridized carbons (Fsp3) is 0.800. The van der Waals surface area contributed by atoms with Gasteiger partial charge in [0, 0.05) is 21.3 Å². The van der Waals surface area contributed by atoms with E-state index < -0.39 is 12.2 Å². The zero-order valence-corrected chi connectivity index (χ0v) is 9.67. The summed E-state index contributed by atoms with van der Waals surface area (Å²) in [5, 5.41) is 9.71. The number of aliphatic hydroxyl groups excluding tert-OH is 1. The number of hydrogen-bond donors (Lipinski definition) is 1. The van der Waals surface area contributed by atoms with E-state index in [4.69, 9.17) is 18.9 Å². The van der Waals surface area contributed by atoms with Crippen LogP contribution < -0.4 is 0 Å². The molecule has 0 aliphatic heterocycles. The van der Waals surface area contributed by atoms with Gasteiger partial charge in [-0.2, -0.15) is 0 Å². The first-order valence-electron chi connectivity index (χ1n) is 4.63. The molecule has 90 valence electrons. The second-order valence-corrected chi connectivity index (χ2v) is 2.99. The molecule has 0 amide bonds. The molecule has 3 atom stereocenters. The number of methoxy groups -OCH3 is 4. The van der Waals surface area contributed by atoms with Crippen molar-refractivity contribution in [1.82, 2.24) is 0 Å². The third-order valence-electron chi connectivity index (χ3n) is 1.99. The molecular formula is C10H20O5. The molecule has 0 heterocycles. The summed E-state index contributed by atoms with van der Waals surface area (Å²) in [6.07, 6.45) is 1.56. The van der Waals surface area contributed by atoms with E-state index >= 15 is 0 Å². The SMILES string of the molecule is CO/C=C/[C@H](OC)[C@H](OC)[C@H](O)COC. The van der Waals surface area contributed by atoms with Crippen LogP contribution in [0.25, 0.3) is 0 Å². The number of hydrogen-bond acceptors (Lipinski definition) is 5. The fourth-order valence-corrected chi connectivity index (χ4v) is 1.25. The van der Waals surface area contributed by atoms with Gasteiger partial charge in [-0.15, -0.1) is 0 Å². The summed E-state index contributed by atoms with van der Waals surface area (Å²) in [5.41, 5.74) is 0. The maximum atomic E-state index is 9.71. The van der Waals surface area contributed by atoms with Gasteiger partial charge < -0.3 is 24.1 Å². The van der Waals surface area contributed by atoms with Gasteiger partial charge in [0.15, 0.2) is 0 Å². The van der Waals surface area contributed by atoms with Gasteiger partial charge in [-0.05, 0) is 6.08 Å². The van der Waals surface area contributed by atoms with E-state index in [9.17, 15) is 5.11 Å². The third kappa shape index (κ3) is 5.13. The van der Waals surface area contributed by atoms with Crippen LogP contribution in [0.4, 0.5) is 0 Å². The Kier molecular flexibility index (Phi) is 8.31. The Hall–Kier alpha value is -0.620. The average molecular weight is 220 g/mol. The molecular weight excluding hydrogens is 200 g/mol. The van der Waals surface area contributed by atoms with E-state index in [1.807, 2.05) is 0 Å². The van der Waals surface area contributed by atoms with Crippen molar-refractivity contribution in [2.24, 2.45) is 0 Å². The molecule has 0 saturated carbocycles. The van der Waals surface area contributed by atoms with Gasteiger partial charge in [0.2, 0.25) is 0 Å². The highest BCUT2D eigenvalue weighted by atomic mass is 16.5. The number of aliphatic hydroxyl groups is 1. The predicted molar refractivity (Wildman–Crippen MR) is 55.6 cm³/mol. The van der Waals surface area contributed by atoms with Gasteiger partial charge in [0.25, 0.3) is 0 Å². The van der Waals surface area contributed by atoms with Crippen molar-refractivity contribution in [3.05, 3.63) is 12.3 Å². The summed E-state index contributed by atoms with van der Waals surface area (Å²) in [7, 11) is 6.10. The molecule has 0 aromatic carbocycles. The highest BCUT2D eigenvalue weighted by Crippen LogP contribution is 2.10. The molecule has 0 aliphatic carbocycles. The molecule has 0 aliphatic rings. The van der Waals surface area contributed by atoms with Crippen LogP contribution in [0.1, 0.15) is 0 Å². The molecule has 5 heteroatoms. The Balaban J connectivity index is 4.38. The topological polar surface area (TPSA) is 57.2 Å². The minimum absolute atomic E-state index is 0.194. The summed E-state index contributed by atoms with van der Waals surface area (Å²) in [5.74, 6) is 0. The Morgan fingerprint density at radius 1 is 1.13 bits per heavy atom. The van der Waals surface area contributed by atoms with Crippen LogP contribution in [0, 0.1) is 0 Å². The van der Waals surface area contributed by atoms with Crippen molar-refractivity contribution in [3.63, 3.8) is 0 Å². The van der Waals surface area contributed by atoms with Gasteiger partial charge in [-0.3, -0.25) is 0 Å². The van der Waals surface area contributed by atoms with E-state index in [1.54, 1.807) is 6.08 Å².